The molecule has 0 saturated carbocycles. The van der Waals surface area contributed by atoms with Crippen LogP contribution in [0.4, 0.5) is 11.5 Å². The highest BCUT2D eigenvalue weighted by molar-refractivity contribution is 6.07. The number of carbonyl (C=O) groups is 1. The first kappa shape index (κ1) is 14.8. The fourth-order valence-electron chi connectivity index (χ4n) is 2.23. The number of furan rings is 1. The third-order valence-electron chi connectivity index (χ3n) is 3.45. The van der Waals surface area contributed by atoms with Gasteiger partial charge < -0.3 is 15.5 Å². The lowest BCUT2D eigenvalue weighted by atomic mass is 10.1. The first-order valence-corrected chi connectivity index (χ1v) is 7.24. The number of rotatable bonds is 4. The summed E-state index contributed by atoms with van der Waals surface area (Å²) < 4.78 is 5.22. The number of benzene rings is 1. The van der Waals surface area contributed by atoms with Crippen LogP contribution < -0.4 is 11.1 Å². The number of amides is 1. The van der Waals surface area contributed by atoms with Crippen LogP contribution in [0.3, 0.4) is 0 Å². The number of nitrogens with zero attached hydrogens (tertiary/aromatic N) is 2. The van der Waals surface area contributed by atoms with Crippen molar-refractivity contribution in [3.8, 4) is 11.6 Å². The topological polar surface area (TPSA) is 94.0 Å². The van der Waals surface area contributed by atoms with Crippen molar-refractivity contribution in [2.45, 2.75) is 13.3 Å². The van der Waals surface area contributed by atoms with E-state index in [0.29, 0.717) is 11.6 Å². The molecule has 0 radical (unpaired) electrons. The van der Waals surface area contributed by atoms with E-state index in [2.05, 4.69) is 15.3 Å². The maximum absolute atomic E-state index is 12.4. The van der Waals surface area contributed by atoms with Gasteiger partial charge in [0.25, 0.3) is 5.91 Å². The largest absolute Gasteiger partial charge is 0.461 e. The quantitative estimate of drug-likeness (QED) is 0.772. The second-order valence-electron chi connectivity index (χ2n) is 4.93. The Labute approximate surface area is 133 Å². The van der Waals surface area contributed by atoms with Gasteiger partial charge in [0.15, 0.2) is 11.6 Å². The fraction of sp³-hybridized carbons (Fsp3) is 0.118. The van der Waals surface area contributed by atoms with Crippen LogP contribution in [0.5, 0.6) is 0 Å². The van der Waals surface area contributed by atoms with Crippen LogP contribution in [0, 0.1) is 0 Å². The van der Waals surface area contributed by atoms with Crippen LogP contribution in [-0.2, 0) is 6.42 Å². The molecule has 2 aromatic heterocycles. The Morgan fingerprint density at radius 3 is 2.78 bits per heavy atom. The van der Waals surface area contributed by atoms with E-state index in [9.17, 15) is 4.79 Å². The third kappa shape index (κ3) is 3.06. The highest BCUT2D eigenvalue weighted by Gasteiger charge is 2.15. The number of hydrogen-bond acceptors (Lipinski definition) is 5. The van der Waals surface area contributed by atoms with Crippen molar-refractivity contribution in [1.82, 2.24) is 9.97 Å². The highest BCUT2D eigenvalue weighted by atomic mass is 16.3. The Morgan fingerprint density at radius 2 is 2.09 bits per heavy atom. The zero-order valence-electron chi connectivity index (χ0n) is 12.6. The summed E-state index contributed by atoms with van der Waals surface area (Å²) in [6.45, 7) is 2.03. The predicted molar refractivity (Wildman–Crippen MR) is 87.9 cm³/mol. The molecule has 0 aliphatic rings. The molecule has 2 heterocycles. The molecule has 116 valence electrons. The molecule has 0 fully saturated rings. The minimum Gasteiger partial charge on any atom is -0.461 e. The predicted octanol–water partition coefficient (Wildman–Crippen LogP) is 3.13. The Morgan fingerprint density at radius 1 is 1.26 bits per heavy atom. The maximum Gasteiger partial charge on any atom is 0.260 e. The van der Waals surface area contributed by atoms with Crippen molar-refractivity contribution in [3.63, 3.8) is 0 Å². The van der Waals surface area contributed by atoms with Crippen molar-refractivity contribution in [1.29, 1.82) is 0 Å². The van der Waals surface area contributed by atoms with Gasteiger partial charge in [0.05, 0.1) is 6.26 Å². The van der Waals surface area contributed by atoms with Crippen molar-refractivity contribution in [3.05, 3.63) is 60.0 Å². The molecule has 3 N–H and O–H groups in total. The summed E-state index contributed by atoms with van der Waals surface area (Å²) in [4.78, 5) is 20.7. The molecule has 0 unspecified atom stereocenters. The Kier molecular flexibility index (Phi) is 4.05. The van der Waals surface area contributed by atoms with E-state index in [1.54, 1.807) is 12.1 Å². The normalized spacial score (nSPS) is 10.5. The minimum atomic E-state index is -0.339. The summed E-state index contributed by atoms with van der Waals surface area (Å²) in [7, 11) is 0. The first-order chi connectivity index (χ1) is 11.2. The maximum atomic E-state index is 12.4. The molecular weight excluding hydrogens is 292 g/mol. The molecule has 23 heavy (non-hydrogen) atoms. The van der Waals surface area contributed by atoms with Gasteiger partial charge in [-0.15, -0.1) is 0 Å². The number of hydrogen-bond donors (Lipinski definition) is 2. The number of carbonyl (C=O) groups excluding carboxylic acids is 1. The third-order valence-corrected chi connectivity index (χ3v) is 3.45. The lowest BCUT2D eigenvalue weighted by molar-refractivity contribution is 0.102. The van der Waals surface area contributed by atoms with Gasteiger partial charge in [-0.2, -0.15) is 0 Å². The number of para-hydroxylation sites is 1. The molecule has 1 aromatic carbocycles. The minimum absolute atomic E-state index is 0.109. The Hall–Kier alpha value is -3.15. The van der Waals surface area contributed by atoms with Gasteiger partial charge in [-0.05, 0) is 30.2 Å². The summed E-state index contributed by atoms with van der Waals surface area (Å²) in [5.41, 5.74) is 7.93. The van der Waals surface area contributed by atoms with E-state index in [4.69, 9.17) is 10.2 Å². The van der Waals surface area contributed by atoms with Crippen LogP contribution in [-0.4, -0.2) is 15.9 Å². The number of anilines is 2. The van der Waals surface area contributed by atoms with Gasteiger partial charge in [0.2, 0.25) is 0 Å². The summed E-state index contributed by atoms with van der Waals surface area (Å²) in [5.74, 6) is 0.616. The fourth-order valence-corrected chi connectivity index (χ4v) is 2.23. The SMILES string of the molecule is CCc1ccccc1NC(=O)c1cnc(-c2ccco2)nc1N. The second-order valence-corrected chi connectivity index (χ2v) is 4.93. The Bertz CT molecular complexity index is 828. The van der Waals surface area contributed by atoms with E-state index in [0.717, 1.165) is 17.7 Å². The van der Waals surface area contributed by atoms with Gasteiger partial charge in [-0.1, -0.05) is 25.1 Å². The number of aromatic nitrogens is 2. The molecule has 6 heteroatoms. The molecular formula is C17H16N4O2. The van der Waals surface area contributed by atoms with E-state index >= 15 is 0 Å². The molecule has 3 aromatic rings. The van der Waals surface area contributed by atoms with E-state index in [-0.39, 0.29) is 17.3 Å². The molecule has 3 rings (SSSR count). The summed E-state index contributed by atoms with van der Waals surface area (Å²) in [6.07, 6.45) is 3.75. The second kappa shape index (κ2) is 6.31. The van der Waals surface area contributed by atoms with Crippen molar-refractivity contribution < 1.29 is 9.21 Å². The van der Waals surface area contributed by atoms with E-state index in [1.807, 2.05) is 31.2 Å². The number of nitrogen functional groups attached to an aromatic ring is 1. The number of nitrogens with one attached hydrogen (secondary N) is 1. The summed E-state index contributed by atoms with van der Waals surface area (Å²) >= 11 is 0. The molecule has 1 amide bonds. The molecule has 0 aliphatic carbocycles. The molecule has 0 aliphatic heterocycles. The molecule has 0 saturated heterocycles. The molecule has 0 bridgehead atoms. The monoisotopic (exact) mass is 308 g/mol. The number of aryl methyl sites for hydroxylation is 1. The van der Waals surface area contributed by atoms with Crippen LogP contribution in [0.15, 0.2) is 53.3 Å². The van der Waals surface area contributed by atoms with Crippen LogP contribution >= 0.6 is 0 Å². The standard InChI is InChI=1S/C17H16N4O2/c1-2-11-6-3-4-7-13(11)20-17(22)12-10-19-16(21-15(12)18)14-8-5-9-23-14/h3-10H,2H2,1H3,(H,20,22)(H2,18,19,21). The molecule has 6 nitrogen and oxygen atoms in total. The van der Waals surface area contributed by atoms with Crippen LogP contribution in [0.25, 0.3) is 11.6 Å². The zero-order chi connectivity index (χ0) is 16.2. The molecule has 0 atom stereocenters. The zero-order valence-corrected chi connectivity index (χ0v) is 12.6. The van der Waals surface area contributed by atoms with Gasteiger partial charge in [0, 0.05) is 11.9 Å². The first-order valence-electron chi connectivity index (χ1n) is 7.24. The lowest BCUT2D eigenvalue weighted by Gasteiger charge is -2.10. The van der Waals surface area contributed by atoms with Gasteiger partial charge in [0.1, 0.15) is 11.4 Å². The van der Waals surface area contributed by atoms with Gasteiger partial charge in [-0.3, -0.25) is 4.79 Å². The van der Waals surface area contributed by atoms with Crippen LogP contribution in [0.1, 0.15) is 22.8 Å². The van der Waals surface area contributed by atoms with E-state index < -0.39 is 0 Å². The van der Waals surface area contributed by atoms with Crippen molar-refractivity contribution >= 4 is 17.4 Å². The van der Waals surface area contributed by atoms with Gasteiger partial charge >= 0.3 is 0 Å². The summed E-state index contributed by atoms with van der Waals surface area (Å²) in [6, 6.07) is 11.1. The molecule has 0 spiro atoms. The van der Waals surface area contributed by atoms with Crippen molar-refractivity contribution in [2.24, 2.45) is 0 Å². The lowest BCUT2D eigenvalue weighted by Crippen LogP contribution is -2.16. The average molecular weight is 308 g/mol. The average Bonchev–Trinajstić information content (AvgIpc) is 3.09. The van der Waals surface area contributed by atoms with Crippen LogP contribution in [0.2, 0.25) is 0 Å². The number of nitrogens with two attached hydrogens (primary N) is 1. The van der Waals surface area contributed by atoms with E-state index in [1.165, 1.54) is 12.5 Å². The van der Waals surface area contributed by atoms with Gasteiger partial charge in [-0.25, -0.2) is 9.97 Å². The summed E-state index contributed by atoms with van der Waals surface area (Å²) in [5, 5.41) is 2.85. The Balaban J connectivity index is 1.85. The highest BCUT2D eigenvalue weighted by Crippen LogP contribution is 2.20. The van der Waals surface area contributed by atoms with Crippen molar-refractivity contribution in [2.75, 3.05) is 11.1 Å². The smallest absolute Gasteiger partial charge is 0.260 e.